The molecule has 1 aromatic rings. The molecule has 39 heavy (non-hydrogen) atoms. The van der Waals surface area contributed by atoms with Crippen molar-refractivity contribution in [3.63, 3.8) is 0 Å². The number of rotatable bonds is 15. The molecule has 1 saturated carbocycles. The number of aromatic hydroxyl groups is 1. The second kappa shape index (κ2) is 13.6. The summed E-state index contributed by atoms with van der Waals surface area (Å²) in [6, 6.07) is 3.52. The maximum Gasteiger partial charge on any atom is 0.344 e. The van der Waals surface area contributed by atoms with E-state index in [9.17, 15) is 19.4 Å². The zero-order valence-electron chi connectivity index (χ0n) is 24.3. The van der Waals surface area contributed by atoms with Gasteiger partial charge in [0.15, 0.2) is 5.60 Å². The van der Waals surface area contributed by atoms with Crippen molar-refractivity contribution in [2.75, 3.05) is 6.61 Å². The highest BCUT2D eigenvalue weighted by Gasteiger charge is 2.56. The Morgan fingerprint density at radius 1 is 1.21 bits per heavy atom. The highest BCUT2D eigenvalue weighted by atomic mass is 31.2. The summed E-state index contributed by atoms with van der Waals surface area (Å²) in [4.78, 5) is 26.2. The first-order valence-corrected chi connectivity index (χ1v) is 16.0. The molecule has 1 fully saturated rings. The van der Waals surface area contributed by atoms with Crippen LogP contribution < -0.4 is 9.63 Å². The number of allylic oxidation sites excluding steroid dienone is 3. The van der Waals surface area contributed by atoms with E-state index in [0.29, 0.717) is 12.0 Å². The van der Waals surface area contributed by atoms with E-state index >= 15 is 0 Å². The number of phenolic OH excluding ortho intramolecular Hbond substituents is 1. The second-order valence-electron chi connectivity index (χ2n) is 11.5. The van der Waals surface area contributed by atoms with Crippen molar-refractivity contribution in [2.24, 2.45) is 11.8 Å². The third-order valence-corrected chi connectivity index (χ3v) is 8.90. The highest BCUT2D eigenvalue weighted by molar-refractivity contribution is 7.46. The van der Waals surface area contributed by atoms with Crippen LogP contribution in [-0.4, -0.2) is 23.3 Å². The standard InChI is InChI=1S/C31H47O7P/c1-7-10-23(11-8-2)20-36-39(34,35)38-31(15-16-31)30(33)37-28-19-24(12-9-3)18-27(32)29(28)26-17-22(6)13-14-25(26)21(4)5/h17-19,23,25-26,32H,4,7-16,20H2,1-3,5-6H3,(H,34,35)/p-1/t25-,26+/m0/s1. The fraction of sp³-hybridized carbons (Fsp3) is 0.645. The van der Waals surface area contributed by atoms with Gasteiger partial charge in [0, 0.05) is 11.5 Å². The van der Waals surface area contributed by atoms with Crippen molar-refractivity contribution in [3.05, 3.63) is 47.1 Å². The number of benzene rings is 1. The summed E-state index contributed by atoms with van der Waals surface area (Å²) in [5.74, 6) is -0.490. The van der Waals surface area contributed by atoms with Gasteiger partial charge in [-0.2, -0.15) is 0 Å². The fourth-order valence-corrected chi connectivity index (χ4v) is 6.76. The van der Waals surface area contributed by atoms with E-state index in [2.05, 4.69) is 33.4 Å². The molecule has 3 atom stereocenters. The molecule has 0 aliphatic heterocycles. The van der Waals surface area contributed by atoms with Crippen LogP contribution in [0.1, 0.15) is 109 Å². The van der Waals surface area contributed by atoms with E-state index < -0.39 is 19.4 Å². The van der Waals surface area contributed by atoms with E-state index in [0.717, 1.165) is 56.1 Å². The number of hydrogen-bond donors (Lipinski definition) is 1. The number of esters is 1. The van der Waals surface area contributed by atoms with Crippen molar-refractivity contribution in [1.82, 2.24) is 0 Å². The third-order valence-electron chi connectivity index (χ3n) is 7.86. The first kappa shape index (κ1) is 31.6. The van der Waals surface area contributed by atoms with Gasteiger partial charge in [0.05, 0.1) is 6.61 Å². The number of aryl methyl sites for hydroxylation is 1. The molecule has 0 spiro atoms. The normalized spacial score (nSPS) is 21.8. The number of phosphoric acid groups is 1. The van der Waals surface area contributed by atoms with E-state index in [1.54, 1.807) is 12.1 Å². The van der Waals surface area contributed by atoms with Crippen LogP contribution in [0.2, 0.25) is 0 Å². The maximum absolute atomic E-state index is 13.4. The topological polar surface area (TPSA) is 105 Å². The van der Waals surface area contributed by atoms with Gasteiger partial charge in [-0.3, -0.25) is 9.09 Å². The molecule has 7 nitrogen and oxygen atoms in total. The van der Waals surface area contributed by atoms with Gasteiger partial charge in [0.1, 0.15) is 11.5 Å². The summed E-state index contributed by atoms with van der Waals surface area (Å²) >= 11 is 0. The molecule has 2 aliphatic rings. The van der Waals surface area contributed by atoms with Gasteiger partial charge in [-0.25, -0.2) is 4.79 Å². The maximum atomic E-state index is 13.4. The molecule has 0 saturated heterocycles. The number of phosphoric ester groups is 1. The van der Waals surface area contributed by atoms with Gasteiger partial charge in [-0.1, -0.05) is 63.8 Å². The monoisotopic (exact) mass is 561 g/mol. The van der Waals surface area contributed by atoms with Crippen LogP contribution in [0.5, 0.6) is 11.5 Å². The molecule has 0 bridgehead atoms. The molecule has 218 valence electrons. The zero-order chi connectivity index (χ0) is 28.8. The van der Waals surface area contributed by atoms with Crippen LogP contribution in [0.4, 0.5) is 0 Å². The SMILES string of the molecule is C=C(C)[C@@H]1CCC(C)=C[C@H]1c1c(O)cc(CCC)cc1OC(=O)C1(OP(=O)([O-])OCC(CCC)CCC)CC1. The van der Waals surface area contributed by atoms with Gasteiger partial charge in [0.2, 0.25) is 0 Å². The predicted molar refractivity (Wildman–Crippen MR) is 152 cm³/mol. The summed E-state index contributed by atoms with van der Waals surface area (Å²) in [6.07, 6.45) is 9.52. The number of ether oxygens (including phenoxy) is 1. The Morgan fingerprint density at radius 2 is 1.87 bits per heavy atom. The molecule has 0 radical (unpaired) electrons. The third kappa shape index (κ3) is 8.29. The molecule has 1 aromatic carbocycles. The minimum atomic E-state index is -4.73. The lowest BCUT2D eigenvalue weighted by atomic mass is 9.73. The Bertz CT molecular complexity index is 1100. The molecule has 1 N–H and O–H groups in total. The van der Waals surface area contributed by atoms with Gasteiger partial charge in [-0.15, -0.1) is 0 Å². The van der Waals surface area contributed by atoms with E-state index in [4.69, 9.17) is 13.8 Å². The molecule has 0 aromatic heterocycles. The van der Waals surface area contributed by atoms with Crippen molar-refractivity contribution < 1.29 is 33.1 Å². The van der Waals surface area contributed by atoms with E-state index in [1.165, 1.54) is 5.57 Å². The minimum absolute atomic E-state index is 0.0420. The summed E-state index contributed by atoms with van der Waals surface area (Å²) in [6.45, 7) is 14.4. The molecular weight excluding hydrogens is 515 g/mol. The largest absolute Gasteiger partial charge is 0.756 e. The lowest BCUT2D eigenvalue weighted by Gasteiger charge is -2.32. The van der Waals surface area contributed by atoms with Crippen LogP contribution in [0.3, 0.4) is 0 Å². The number of carbonyl (C=O) groups is 1. The smallest absolute Gasteiger partial charge is 0.344 e. The summed E-state index contributed by atoms with van der Waals surface area (Å²) < 4.78 is 29.2. The molecule has 1 unspecified atom stereocenters. The Labute approximate surface area is 234 Å². The molecule has 0 heterocycles. The Hall–Kier alpha value is -1.92. The average Bonchev–Trinajstić information content (AvgIpc) is 3.63. The van der Waals surface area contributed by atoms with Gasteiger partial charge in [-0.05, 0) is 88.3 Å². The summed E-state index contributed by atoms with van der Waals surface area (Å²) in [5, 5.41) is 11.2. The lowest BCUT2D eigenvalue weighted by molar-refractivity contribution is -0.233. The van der Waals surface area contributed by atoms with Crippen LogP contribution in [-0.2, 0) is 24.8 Å². The molecule has 3 rings (SSSR count). The molecule has 8 heteroatoms. The second-order valence-corrected chi connectivity index (χ2v) is 12.8. The first-order chi connectivity index (χ1) is 18.4. The minimum Gasteiger partial charge on any atom is -0.756 e. The average molecular weight is 562 g/mol. The highest BCUT2D eigenvalue weighted by Crippen LogP contribution is 2.54. The molecule has 0 amide bonds. The first-order valence-electron chi connectivity index (χ1n) is 14.5. The van der Waals surface area contributed by atoms with Crippen LogP contribution in [0.25, 0.3) is 0 Å². The van der Waals surface area contributed by atoms with Crippen molar-refractivity contribution in [2.45, 2.75) is 110 Å². The number of carbonyl (C=O) groups excluding carboxylic acids is 1. The van der Waals surface area contributed by atoms with Gasteiger partial charge >= 0.3 is 5.97 Å². The number of hydrogen-bond acceptors (Lipinski definition) is 7. The summed E-state index contributed by atoms with van der Waals surface area (Å²) in [5.41, 5.74) is 1.96. The number of phenols is 1. The molecular formula is C31H46O7P-. The van der Waals surface area contributed by atoms with Crippen molar-refractivity contribution in [1.29, 1.82) is 0 Å². The van der Waals surface area contributed by atoms with Crippen LogP contribution in [0.15, 0.2) is 35.9 Å². The lowest BCUT2D eigenvalue weighted by Crippen LogP contribution is -2.33. The Balaban J connectivity index is 1.86. The van der Waals surface area contributed by atoms with Crippen molar-refractivity contribution in [3.8, 4) is 11.5 Å². The van der Waals surface area contributed by atoms with Gasteiger partial charge in [0.25, 0.3) is 7.82 Å². The van der Waals surface area contributed by atoms with Gasteiger partial charge < -0.3 is 19.3 Å². The summed E-state index contributed by atoms with van der Waals surface area (Å²) in [7, 11) is -4.73. The van der Waals surface area contributed by atoms with E-state index in [1.807, 2.05) is 13.8 Å². The fourth-order valence-electron chi connectivity index (χ4n) is 5.63. The Morgan fingerprint density at radius 3 is 2.44 bits per heavy atom. The van der Waals surface area contributed by atoms with Crippen molar-refractivity contribution >= 4 is 13.8 Å². The van der Waals surface area contributed by atoms with E-state index in [-0.39, 0.29) is 48.7 Å². The Kier molecular flexibility index (Phi) is 11.0. The van der Waals surface area contributed by atoms with Crippen LogP contribution >= 0.6 is 7.82 Å². The predicted octanol–water partition coefficient (Wildman–Crippen LogP) is 7.52. The van der Waals surface area contributed by atoms with Crippen LogP contribution in [0, 0.1) is 11.8 Å². The molecule has 2 aliphatic carbocycles. The quantitative estimate of drug-likeness (QED) is 0.102. The zero-order valence-corrected chi connectivity index (χ0v) is 25.2.